The van der Waals surface area contributed by atoms with Gasteiger partial charge in [0.2, 0.25) is 0 Å². The largest absolute Gasteiger partial charge is 0.476 e. The molecule has 0 aliphatic rings. The standard InChI is InChI=1S/C11H6BrFN2O3S/c12-5-1-2-7(6(13)3-5)14-9(16)10-15-8(4-19-10)11(17)18/h1-4H,(H,14,16)(H,17,18). The van der Waals surface area contributed by atoms with E-state index in [-0.39, 0.29) is 16.4 Å². The van der Waals surface area contributed by atoms with Gasteiger partial charge in [-0.3, -0.25) is 4.79 Å². The molecular formula is C11H6BrFN2O3S. The number of carbonyl (C=O) groups is 2. The molecule has 2 aromatic rings. The molecular weight excluding hydrogens is 339 g/mol. The number of carboxylic acids is 1. The number of aromatic nitrogens is 1. The summed E-state index contributed by atoms with van der Waals surface area (Å²) in [5.41, 5.74) is -0.216. The molecule has 1 heterocycles. The molecule has 1 aromatic carbocycles. The molecule has 19 heavy (non-hydrogen) atoms. The van der Waals surface area contributed by atoms with Gasteiger partial charge in [-0.2, -0.15) is 0 Å². The number of thiazole rings is 1. The number of carbonyl (C=O) groups excluding carboxylic acids is 1. The van der Waals surface area contributed by atoms with E-state index in [0.29, 0.717) is 4.47 Å². The van der Waals surface area contributed by atoms with Crippen LogP contribution in [-0.4, -0.2) is 22.0 Å². The summed E-state index contributed by atoms with van der Waals surface area (Å²) in [6, 6.07) is 4.17. The lowest BCUT2D eigenvalue weighted by Gasteiger charge is -2.04. The highest BCUT2D eigenvalue weighted by molar-refractivity contribution is 9.10. The molecule has 0 unspecified atom stereocenters. The predicted molar refractivity (Wildman–Crippen MR) is 71.1 cm³/mol. The zero-order chi connectivity index (χ0) is 14.0. The first-order valence-corrected chi connectivity index (χ1v) is 6.60. The second-order valence-corrected chi connectivity index (χ2v) is 5.20. The lowest BCUT2D eigenvalue weighted by molar-refractivity contribution is 0.0691. The van der Waals surface area contributed by atoms with Crippen molar-refractivity contribution in [2.24, 2.45) is 0 Å². The number of nitrogens with zero attached hydrogens (tertiary/aromatic N) is 1. The first-order chi connectivity index (χ1) is 8.97. The average molecular weight is 345 g/mol. The molecule has 1 aromatic heterocycles. The van der Waals surface area contributed by atoms with Crippen LogP contribution in [0.5, 0.6) is 0 Å². The second-order valence-electron chi connectivity index (χ2n) is 3.42. The number of carboxylic acid groups (broad SMARTS) is 1. The maximum Gasteiger partial charge on any atom is 0.355 e. The van der Waals surface area contributed by atoms with Gasteiger partial charge < -0.3 is 10.4 Å². The van der Waals surface area contributed by atoms with Crippen molar-refractivity contribution in [3.63, 3.8) is 0 Å². The molecule has 0 aliphatic heterocycles. The molecule has 0 bridgehead atoms. The maximum atomic E-state index is 13.5. The number of halogens is 2. The van der Waals surface area contributed by atoms with E-state index in [9.17, 15) is 14.0 Å². The van der Waals surface area contributed by atoms with E-state index < -0.39 is 17.7 Å². The molecule has 0 saturated carbocycles. The minimum atomic E-state index is -1.22. The van der Waals surface area contributed by atoms with Gasteiger partial charge >= 0.3 is 5.97 Å². The van der Waals surface area contributed by atoms with E-state index in [2.05, 4.69) is 26.2 Å². The number of nitrogens with one attached hydrogen (secondary N) is 1. The number of rotatable bonds is 3. The van der Waals surface area contributed by atoms with E-state index >= 15 is 0 Å². The van der Waals surface area contributed by atoms with Crippen LogP contribution < -0.4 is 5.32 Å². The summed E-state index contributed by atoms with van der Waals surface area (Å²) in [7, 11) is 0. The minimum Gasteiger partial charge on any atom is -0.476 e. The summed E-state index contributed by atoms with van der Waals surface area (Å²) < 4.78 is 14.1. The second kappa shape index (κ2) is 5.45. The Morgan fingerprint density at radius 2 is 2.16 bits per heavy atom. The van der Waals surface area contributed by atoms with Gasteiger partial charge in [-0.05, 0) is 18.2 Å². The molecule has 5 nitrogen and oxygen atoms in total. The van der Waals surface area contributed by atoms with Crippen molar-refractivity contribution < 1.29 is 19.1 Å². The molecule has 0 radical (unpaired) electrons. The SMILES string of the molecule is O=C(O)c1csc(C(=O)Nc2ccc(Br)cc2F)n1. The predicted octanol–water partition coefficient (Wildman–Crippen LogP) is 3.00. The minimum absolute atomic E-state index is 0.000255. The highest BCUT2D eigenvalue weighted by Crippen LogP contribution is 2.20. The molecule has 2 N–H and O–H groups in total. The van der Waals surface area contributed by atoms with Crippen molar-refractivity contribution in [1.82, 2.24) is 4.98 Å². The van der Waals surface area contributed by atoms with Crippen molar-refractivity contribution in [2.75, 3.05) is 5.32 Å². The van der Waals surface area contributed by atoms with E-state index in [1.807, 2.05) is 0 Å². The van der Waals surface area contributed by atoms with Crippen LogP contribution in [0.15, 0.2) is 28.1 Å². The van der Waals surface area contributed by atoms with Crippen molar-refractivity contribution in [3.05, 3.63) is 44.6 Å². The summed E-state index contributed by atoms with van der Waals surface area (Å²) in [4.78, 5) is 26.0. The summed E-state index contributed by atoms with van der Waals surface area (Å²) in [5, 5.41) is 12.2. The molecule has 0 spiro atoms. The topological polar surface area (TPSA) is 79.3 Å². The van der Waals surface area contributed by atoms with Crippen LogP contribution in [0, 0.1) is 5.82 Å². The molecule has 2 rings (SSSR count). The zero-order valence-electron chi connectivity index (χ0n) is 9.18. The normalized spacial score (nSPS) is 10.2. The molecule has 0 atom stereocenters. The Morgan fingerprint density at radius 3 is 2.74 bits per heavy atom. The number of anilines is 1. The number of amides is 1. The van der Waals surface area contributed by atoms with Crippen LogP contribution in [0.4, 0.5) is 10.1 Å². The summed E-state index contributed by atoms with van der Waals surface area (Å²) in [6.07, 6.45) is 0. The van der Waals surface area contributed by atoms with Crippen molar-refractivity contribution in [1.29, 1.82) is 0 Å². The van der Waals surface area contributed by atoms with E-state index in [1.165, 1.54) is 17.5 Å². The number of hydrogen-bond acceptors (Lipinski definition) is 4. The Kier molecular flexibility index (Phi) is 3.91. The number of hydrogen-bond donors (Lipinski definition) is 2. The lowest BCUT2D eigenvalue weighted by Crippen LogP contribution is -2.13. The highest BCUT2D eigenvalue weighted by atomic mass is 79.9. The van der Waals surface area contributed by atoms with Crippen molar-refractivity contribution in [3.8, 4) is 0 Å². The smallest absolute Gasteiger partial charge is 0.355 e. The van der Waals surface area contributed by atoms with Crippen molar-refractivity contribution >= 4 is 44.8 Å². The molecule has 0 fully saturated rings. The Hall–Kier alpha value is -1.80. The van der Waals surface area contributed by atoms with Crippen LogP contribution in [-0.2, 0) is 0 Å². The van der Waals surface area contributed by atoms with Crippen LogP contribution in [0.1, 0.15) is 20.3 Å². The molecule has 8 heteroatoms. The van der Waals surface area contributed by atoms with E-state index in [0.717, 1.165) is 11.3 Å². The quantitative estimate of drug-likeness (QED) is 0.896. The van der Waals surface area contributed by atoms with Crippen LogP contribution in [0.2, 0.25) is 0 Å². The molecule has 98 valence electrons. The van der Waals surface area contributed by atoms with Gasteiger partial charge in [0.15, 0.2) is 10.7 Å². The summed E-state index contributed by atoms with van der Waals surface area (Å²) in [6.45, 7) is 0. The molecule has 1 amide bonds. The first-order valence-electron chi connectivity index (χ1n) is 4.92. The number of benzene rings is 1. The summed E-state index contributed by atoms with van der Waals surface area (Å²) in [5.74, 6) is -2.47. The average Bonchev–Trinajstić information content (AvgIpc) is 2.82. The highest BCUT2D eigenvalue weighted by Gasteiger charge is 2.16. The van der Waals surface area contributed by atoms with Gasteiger partial charge in [0.1, 0.15) is 5.82 Å². The van der Waals surface area contributed by atoms with E-state index in [4.69, 9.17) is 5.11 Å². The third-order valence-electron chi connectivity index (χ3n) is 2.10. The van der Waals surface area contributed by atoms with Gasteiger partial charge in [0.05, 0.1) is 5.69 Å². The molecule has 0 saturated heterocycles. The van der Waals surface area contributed by atoms with Crippen molar-refractivity contribution in [2.45, 2.75) is 0 Å². The van der Waals surface area contributed by atoms with Gasteiger partial charge in [-0.25, -0.2) is 14.2 Å². The fourth-order valence-corrected chi connectivity index (χ4v) is 2.26. The Morgan fingerprint density at radius 1 is 1.42 bits per heavy atom. The Balaban J connectivity index is 2.18. The zero-order valence-corrected chi connectivity index (χ0v) is 11.6. The van der Waals surface area contributed by atoms with Crippen LogP contribution in [0.25, 0.3) is 0 Å². The first kappa shape index (κ1) is 13.6. The third kappa shape index (κ3) is 3.15. The maximum absolute atomic E-state index is 13.5. The molecule has 0 aliphatic carbocycles. The van der Waals surface area contributed by atoms with E-state index in [1.54, 1.807) is 6.07 Å². The van der Waals surface area contributed by atoms with Crippen LogP contribution in [0.3, 0.4) is 0 Å². The lowest BCUT2D eigenvalue weighted by atomic mass is 10.3. The Labute approximate surface area is 119 Å². The fraction of sp³-hybridized carbons (Fsp3) is 0. The fourth-order valence-electron chi connectivity index (χ4n) is 1.24. The van der Waals surface area contributed by atoms with Crippen LogP contribution >= 0.6 is 27.3 Å². The number of aromatic carboxylic acids is 1. The summed E-state index contributed by atoms with van der Waals surface area (Å²) >= 11 is 3.98. The van der Waals surface area contributed by atoms with Gasteiger partial charge in [0, 0.05) is 9.85 Å². The van der Waals surface area contributed by atoms with Gasteiger partial charge in [-0.1, -0.05) is 15.9 Å². The van der Waals surface area contributed by atoms with Gasteiger partial charge in [-0.15, -0.1) is 11.3 Å². The Bertz CT molecular complexity index is 659. The monoisotopic (exact) mass is 344 g/mol. The third-order valence-corrected chi connectivity index (χ3v) is 3.43. The van der Waals surface area contributed by atoms with Gasteiger partial charge in [0.25, 0.3) is 5.91 Å².